The van der Waals surface area contributed by atoms with Crippen LogP contribution in [0.5, 0.6) is 0 Å². The molecule has 0 spiro atoms. The van der Waals surface area contributed by atoms with Gasteiger partial charge < -0.3 is 4.43 Å². The molecule has 1 aromatic rings. The Hall–Kier alpha value is -1.09. The van der Waals surface area contributed by atoms with Gasteiger partial charge in [0.25, 0.3) is 5.97 Å². The summed E-state index contributed by atoms with van der Waals surface area (Å²) in [6, 6.07) is 10.5. The van der Waals surface area contributed by atoms with E-state index in [1.165, 1.54) is 5.56 Å². The van der Waals surface area contributed by atoms with Crippen LogP contribution in [0.15, 0.2) is 30.3 Å². The summed E-state index contributed by atoms with van der Waals surface area (Å²) in [6.07, 6.45) is 3.52. The van der Waals surface area contributed by atoms with Crippen molar-refractivity contribution in [2.24, 2.45) is 0 Å². The molecule has 0 saturated heterocycles. The standard InChI is InChI=1S/C14H22O2Si/c1-3-14(4-2,11-10-13(15)16-17)12-8-6-5-7-9-12/h5-9H,3-4,10-11H2,1-2,17H3. The molecule has 17 heavy (non-hydrogen) atoms. The van der Waals surface area contributed by atoms with Crippen molar-refractivity contribution in [3.8, 4) is 0 Å². The van der Waals surface area contributed by atoms with Crippen LogP contribution in [-0.2, 0) is 14.6 Å². The lowest BCUT2D eigenvalue weighted by Gasteiger charge is -2.32. The molecule has 0 unspecified atom stereocenters. The third-order valence-corrected chi connectivity index (χ3v) is 4.23. The van der Waals surface area contributed by atoms with Crippen molar-refractivity contribution < 1.29 is 9.22 Å². The van der Waals surface area contributed by atoms with Crippen LogP contribution in [0, 0.1) is 0 Å². The average molecular weight is 250 g/mol. The van der Waals surface area contributed by atoms with Gasteiger partial charge in [-0.2, -0.15) is 0 Å². The van der Waals surface area contributed by atoms with E-state index in [9.17, 15) is 4.79 Å². The molecule has 1 aromatic carbocycles. The molecule has 3 heteroatoms. The zero-order valence-corrected chi connectivity index (χ0v) is 13.0. The largest absolute Gasteiger partial charge is 0.529 e. The molecule has 0 radical (unpaired) electrons. The molecule has 94 valence electrons. The van der Waals surface area contributed by atoms with Crippen LogP contribution in [-0.4, -0.2) is 16.5 Å². The Morgan fingerprint density at radius 3 is 2.29 bits per heavy atom. The molecule has 1 rings (SSSR count). The molecule has 0 saturated carbocycles. The summed E-state index contributed by atoms with van der Waals surface area (Å²) in [5, 5.41) is 0. The Balaban J connectivity index is 2.86. The molecule has 0 bridgehead atoms. The minimum Gasteiger partial charge on any atom is -0.529 e. The Labute approximate surface area is 107 Å². The highest BCUT2D eigenvalue weighted by Gasteiger charge is 2.28. The average Bonchev–Trinajstić information content (AvgIpc) is 2.41. The van der Waals surface area contributed by atoms with E-state index in [0.29, 0.717) is 16.9 Å². The first-order chi connectivity index (χ1) is 8.18. The van der Waals surface area contributed by atoms with E-state index in [1.807, 2.05) is 6.07 Å². The van der Waals surface area contributed by atoms with Crippen LogP contribution in [0.2, 0.25) is 0 Å². The highest BCUT2D eigenvalue weighted by molar-refractivity contribution is 6.05. The first-order valence-electron chi connectivity index (χ1n) is 6.31. The molecule has 0 aliphatic rings. The Morgan fingerprint density at radius 2 is 1.82 bits per heavy atom. The van der Waals surface area contributed by atoms with Gasteiger partial charge >= 0.3 is 0 Å². The lowest BCUT2D eigenvalue weighted by atomic mass is 9.72. The molecule has 0 aliphatic carbocycles. The fourth-order valence-corrected chi connectivity index (χ4v) is 2.60. The van der Waals surface area contributed by atoms with E-state index < -0.39 is 0 Å². The predicted octanol–water partition coefficient (Wildman–Crippen LogP) is 2.35. The van der Waals surface area contributed by atoms with Gasteiger partial charge in [0.05, 0.1) is 0 Å². The van der Waals surface area contributed by atoms with Crippen LogP contribution in [0.1, 0.15) is 45.1 Å². The van der Waals surface area contributed by atoms with Crippen LogP contribution >= 0.6 is 0 Å². The van der Waals surface area contributed by atoms with Gasteiger partial charge in [-0.1, -0.05) is 44.2 Å². The summed E-state index contributed by atoms with van der Waals surface area (Å²) in [5.41, 5.74) is 1.46. The fourth-order valence-electron chi connectivity index (χ4n) is 2.39. The van der Waals surface area contributed by atoms with E-state index in [4.69, 9.17) is 4.43 Å². The van der Waals surface area contributed by atoms with Gasteiger partial charge in [0, 0.05) is 6.42 Å². The summed E-state index contributed by atoms with van der Waals surface area (Å²) in [5.74, 6) is -0.0566. The lowest BCUT2D eigenvalue weighted by Crippen LogP contribution is -2.25. The SMILES string of the molecule is CCC(CC)(CCC(=O)O[SiH3])c1ccccc1. The predicted molar refractivity (Wildman–Crippen MR) is 74.0 cm³/mol. The zero-order chi connectivity index (χ0) is 12.7. The Morgan fingerprint density at radius 1 is 1.24 bits per heavy atom. The quantitative estimate of drug-likeness (QED) is 0.724. The number of benzene rings is 1. The fraction of sp³-hybridized carbons (Fsp3) is 0.500. The van der Waals surface area contributed by atoms with Crippen LogP contribution in [0.3, 0.4) is 0 Å². The van der Waals surface area contributed by atoms with Gasteiger partial charge in [-0.3, -0.25) is 4.79 Å². The van der Waals surface area contributed by atoms with E-state index in [1.54, 1.807) is 0 Å². The molecule has 0 aromatic heterocycles. The maximum absolute atomic E-state index is 11.3. The van der Waals surface area contributed by atoms with Gasteiger partial charge in [0.1, 0.15) is 0 Å². The molecule has 0 amide bonds. The second-order valence-electron chi connectivity index (χ2n) is 4.43. The summed E-state index contributed by atoms with van der Waals surface area (Å²) >= 11 is 0. The van der Waals surface area contributed by atoms with Crippen molar-refractivity contribution in [3.63, 3.8) is 0 Å². The minimum absolute atomic E-state index is 0.0566. The third-order valence-electron chi connectivity index (χ3n) is 3.78. The second-order valence-corrected chi connectivity index (χ2v) is 4.84. The van der Waals surface area contributed by atoms with Crippen LogP contribution in [0.25, 0.3) is 0 Å². The van der Waals surface area contributed by atoms with Gasteiger partial charge in [-0.15, -0.1) is 0 Å². The van der Waals surface area contributed by atoms with E-state index in [-0.39, 0.29) is 11.4 Å². The smallest absolute Gasteiger partial charge is 0.291 e. The van der Waals surface area contributed by atoms with Gasteiger partial charge in [0.2, 0.25) is 10.5 Å². The maximum Gasteiger partial charge on any atom is 0.291 e. The Kier molecular flexibility index (Phi) is 5.42. The molecular formula is C14H22O2Si. The zero-order valence-electron chi connectivity index (χ0n) is 11.0. The first kappa shape index (κ1) is 14.0. The molecule has 0 N–H and O–H groups in total. The van der Waals surface area contributed by atoms with Gasteiger partial charge in [-0.25, -0.2) is 0 Å². The summed E-state index contributed by atoms with van der Waals surface area (Å²) in [6.45, 7) is 4.39. The summed E-state index contributed by atoms with van der Waals surface area (Å²) in [4.78, 5) is 11.3. The molecule has 0 aliphatic heterocycles. The number of hydrogen-bond donors (Lipinski definition) is 0. The van der Waals surface area contributed by atoms with E-state index in [0.717, 1.165) is 19.3 Å². The molecule has 0 fully saturated rings. The number of carbonyl (C=O) groups is 1. The van der Waals surface area contributed by atoms with Crippen molar-refractivity contribution >= 4 is 16.5 Å². The van der Waals surface area contributed by atoms with Crippen molar-refractivity contribution in [3.05, 3.63) is 35.9 Å². The summed E-state index contributed by atoms with van der Waals surface area (Å²) in [7, 11) is 0.498. The number of rotatable bonds is 6. The third kappa shape index (κ3) is 3.43. The van der Waals surface area contributed by atoms with Gasteiger partial charge in [0.15, 0.2) is 0 Å². The van der Waals surface area contributed by atoms with Crippen molar-refractivity contribution in [2.75, 3.05) is 0 Å². The van der Waals surface area contributed by atoms with Crippen molar-refractivity contribution in [1.29, 1.82) is 0 Å². The molecule has 2 nitrogen and oxygen atoms in total. The number of hydrogen-bond acceptors (Lipinski definition) is 2. The monoisotopic (exact) mass is 250 g/mol. The van der Waals surface area contributed by atoms with E-state index in [2.05, 4.69) is 38.1 Å². The van der Waals surface area contributed by atoms with Crippen LogP contribution in [0.4, 0.5) is 0 Å². The lowest BCUT2D eigenvalue weighted by molar-refractivity contribution is -0.134. The molecule has 0 heterocycles. The normalized spacial score (nSPS) is 11.4. The van der Waals surface area contributed by atoms with Gasteiger partial charge in [-0.05, 0) is 30.2 Å². The summed E-state index contributed by atoms with van der Waals surface area (Å²) < 4.78 is 4.87. The van der Waals surface area contributed by atoms with Crippen molar-refractivity contribution in [1.82, 2.24) is 0 Å². The second kappa shape index (κ2) is 6.60. The topological polar surface area (TPSA) is 26.3 Å². The maximum atomic E-state index is 11.3. The van der Waals surface area contributed by atoms with E-state index >= 15 is 0 Å². The van der Waals surface area contributed by atoms with Crippen LogP contribution < -0.4 is 0 Å². The first-order valence-corrected chi connectivity index (χ1v) is 7.12. The van der Waals surface area contributed by atoms with Crippen molar-refractivity contribution in [2.45, 2.75) is 44.9 Å². The highest BCUT2D eigenvalue weighted by atomic mass is 28.2. The number of carbonyl (C=O) groups excluding carboxylic acids is 1. The minimum atomic E-state index is -0.0566. The highest BCUT2D eigenvalue weighted by Crippen LogP contribution is 2.36. The molecular weight excluding hydrogens is 228 g/mol. The Bertz CT molecular complexity index is 344. The molecule has 0 atom stereocenters.